The molecule has 0 bridgehead atoms. The van der Waals surface area contributed by atoms with Crippen molar-refractivity contribution < 1.29 is 23.8 Å². The number of halogens is 2. The first-order chi connectivity index (χ1) is 17.8. The standard InChI is InChI=1S/C26H23ClFN5O4/c27-20-12-18(5-8-23(20)37-13-15-2-1-3-16(28)10-15)32-25-19-11-17(4-7-22(19)30-14-31-25)33-26(36)21(29)6-9-24(34)35/h1-5,7-8,10-12,14,21H,6,9,13,29H2,(H,33,36)(H,34,35)(H,30,31,32)/t21-/m0/s1. The molecule has 37 heavy (non-hydrogen) atoms. The maximum absolute atomic E-state index is 13.4. The minimum Gasteiger partial charge on any atom is -0.487 e. The molecule has 4 aromatic rings. The number of rotatable bonds is 10. The number of carbonyl (C=O) groups is 2. The first-order valence-corrected chi connectivity index (χ1v) is 11.6. The first-order valence-electron chi connectivity index (χ1n) is 11.3. The number of nitrogens with one attached hydrogen (secondary N) is 2. The summed E-state index contributed by atoms with van der Waals surface area (Å²) in [4.78, 5) is 31.6. The summed E-state index contributed by atoms with van der Waals surface area (Å²) < 4.78 is 19.1. The van der Waals surface area contributed by atoms with E-state index in [0.717, 1.165) is 0 Å². The number of hydrogen-bond donors (Lipinski definition) is 4. The van der Waals surface area contributed by atoms with Gasteiger partial charge in [-0.1, -0.05) is 23.7 Å². The lowest BCUT2D eigenvalue weighted by atomic mass is 10.1. The third kappa shape index (κ3) is 6.90. The van der Waals surface area contributed by atoms with Crippen LogP contribution >= 0.6 is 11.6 Å². The van der Waals surface area contributed by atoms with Crippen molar-refractivity contribution in [3.63, 3.8) is 0 Å². The van der Waals surface area contributed by atoms with E-state index in [1.807, 2.05) is 0 Å². The Hall–Kier alpha value is -4.28. The van der Waals surface area contributed by atoms with Gasteiger partial charge in [0.2, 0.25) is 5.91 Å². The molecule has 5 N–H and O–H groups in total. The van der Waals surface area contributed by atoms with Crippen LogP contribution in [-0.2, 0) is 16.2 Å². The van der Waals surface area contributed by atoms with E-state index in [2.05, 4.69) is 20.6 Å². The molecule has 0 radical (unpaired) electrons. The number of aromatic nitrogens is 2. The van der Waals surface area contributed by atoms with Gasteiger partial charge in [-0.25, -0.2) is 14.4 Å². The molecule has 0 aliphatic rings. The Bertz CT molecular complexity index is 1450. The molecule has 0 spiro atoms. The van der Waals surface area contributed by atoms with E-state index in [1.165, 1.54) is 18.5 Å². The maximum Gasteiger partial charge on any atom is 0.303 e. The van der Waals surface area contributed by atoms with Crippen molar-refractivity contribution in [3.8, 4) is 5.75 Å². The molecule has 190 valence electrons. The second-order valence-electron chi connectivity index (χ2n) is 8.17. The van der Waals surface area contributed by atoms with Crippen LogP contribution in [0.15, 0.2) is 67.0 Å². The molecule has 0 aliphatic carbocycles. The molecule has 0 saturated carbocycles. The molecule has 3 aromatic carbocycles. The lowest BCUT2D eigenvalue weighted by molar-refractivity contribution is -0.137. The fourth-order valence-electron chi connectivity index (χ4n) is 3.50. The van der Waals surface area contributed by atoms with Gasteiger partial charge in [-0.05, 0) is 60.5 Å². The zero-order valence-electron chi connectivity index (χ0n) is 19.4. The highest BCUT2D eigenvalue weighted by Gasteiger charge is 2.16. The highest BCUT2D eigenvalue weighted by molar-refractivity contribution is 6.32. The fraction of sp³-hybridized carbons (Fsp3) is 0.154. The van der Waals surface area contributed by atoms with Crippen LogP contribution in [0.1, 0.15) is 18.4 Å². The molecule has 0 fully saturated rings. The van der Waals surface area contributed by atoms with Crippen molar-refractivity contribution in [2.24, 2.45) is 5.73 Å². The molecule has 0 aliphatic heterocycles. The highest BCUT2D eigenvalue weighted by atomic mass is 35.5. The van der Waals surface area contributed by atoms with E-state index in [9.17, 15) is 14.0 Å². The van der Waals surface area contributed by atoms with Gasteiger partial charge < -0.3 is 26.2 Å². The lowest BCUT2D eigenvalue weighted by Gasteiger charge is -2.14. The number of carboxylic acids is 1. The number of carbonyl (C=O) groups excluding carboxylic acids is 1. The van der Waals surface area contributed by atoms with Crippen LogP contribution < -0.4 is 21.1 Å². The van der Waals surface area contributed by atoms with Crippen LogP contribution in [-0.4, -0.2) is 33.0 Å². The van der Waals surface area contributed by atoms with Crippen LogP contribution in [0.5, 0.6) is 5.75 Å². The summed E-state index contributed by atoms with van der Waals surface area (Å²) in [7, 11) is 0. The first kappa shape index (κ1) is 25.8. The Morgan fingerprint density at radius 1 is 1.08 bits per heavy atom. The molecule has 4 rings (SSSR count). The SMILES string of the molecule is N[C@@H](CCC(=O)O)C(=O)Nc1ccc2ncnc(Nc3ccc(OCc4cccc(F)c4)c(Cl)c3)c2c1. The largest absolute Gasteiger partial charge is 0.487 e. The fourth-order valence-corrected chi connectivity index (χ4v) is 3.73. The summed E-state index contributed by atoms with van der Waals surface area (Å²) in [5.41, 5.74) is 8.19. The van der Waals surface area contributed by atoms with Crippen molar-refractivity contribution in [1.29, 1.82) is 0 Å². The van der Waals surface area contributed by atoms with Crippen LogP contribution in [0, 0.1) is 5.82 Å². The Labute approximate surface area is 216 Å². The van der Waals surface area contributed by atoms with Gasteiger partial charge >= 0.3 is 5.97 Å². The molecule has 11 heteroatoms. The van der Waals surface area contributed by atoms with Crippen LogP contribution in [0.4, 0.5) is 21.6 Å². The summed E-state index contributed by atoms with van der Waals surface area (Å²) in [6.07, 6.45) is 1.22. The summed E-state index contributed by atoms with van der Waals surface area (Å²) in [5, 5.41) is 15.6. The van der Waals surface area contributed by atoms with Gasteiger partial charge in [-0.15, -0.1) is 0 Å². The summed E-state index contributed by atoms with van der Waals surface area (Å²) in [6, 6.07) is 15.4. The molecule has 1 atom stereocenters. The second-order valence-corrected chi connectivity index (χ2v) is 8.58. The summed E-state index contributed by atoms with van der Waals surface area (Å²) >= 11 is 6.40. The van der Waals surface area contributed by atoms with Crippen molar-refractivity contribution in [3.05, 3.63) is 83.4 Å². The number of aliphatic carboxylic acids is 1. The number of ether oxygens (including phenoxy) is 1. The monoisotopic (exact) mass is 523 g/mol. The number of benzene rings is 3. The number of carboxylic acid groups (broad SMARTS) is 1. The van der Waals surface area contributed by atoms with E-state index >= 15 is 0 Å². The maximum atomic E-state index is 13.4. The smallest absolute Gasteiger partial charge is 0.303 e. The molecular formula is C26H23ClFN5O4. The number of anilines is 3. The van der Waals surface area contributed by atoms with Gasteiger partial charge in [0.05, 0.1) is 16.6 Å². The van der Waals surface area contributed by atoms with E-state index in [0.29, 0.717) is 44.4 Å². The number of amides is 1. The third-order valence-electron chi connectivity index (χ3n) is 5.39. The predicted molar refractivity (Wildman–Crippen MR) is 138 cm³/mol. The number of nitrogens with two attached hydrogens (primary N) is 1. The molecule has 0 saturated heterocycles. The van der Waals surface area contributed by atoms with E-state index in [4.69, 9.17) is 27.2 Å². The van der Waals surface area contributed by atoms with Crippen LogP contribution in [0.25, 0.3) is 10.9 Å². The van der Waals surface area contributed by atoms with E-state index in [1.54, 1.807) is 48.5 Å². The summed E-state index contributed by atoms with van der Waals surface area (Å²) in [5.74, 6) is -0.942. The quantitative estimate of drug-likeness (QED) is 0.231. The zero-order valence-corrected chi connectivity index (χ0v) is 20.2. The average molecular weight is 524 g/mol. The van der Waals surface area contributed by atoms with E-state index in [-0.39, 0.29) is 25.3 Å². The Kier molecular flexibility index (Phi) is 8.11. The third-order valence-corrected chi connectivity index (χ3v) is 5.68. The number of nitrogens with zero attached hydrogens (tertiary/aromatic N) is 2. The molecular weight excluding hydrogens is 501 g/mol. The highest BCUT2D eigenvalue weighted by Crippen LogP contribution is 2.31. The van der Waals surface area contributed by atoms with Crippen molar-refractivity contribution in [1.82, 2.24) is 9.97 Å². The topological polar surface area (TPSA) is 139 Å². The lowest BCUT2D eigenvalue weighted by Crippen LogP contribution is -2.36. The molecule has 1 aromatic heterocycles. The van der Waals surface area contributed by atoms with Crippen molar-refractivity contribution >= 4 is 51.6 Å². The number of hydrogen-bond acceptors (Lipinski definition) is 7. The van der Waals surface area contributed by atoms with Gasteiger partial charge in [-0.3, -0.25) is 9.59 Å². The minimum absolute atomic E-state index is 0.0212. The Morgan fingerprint density at radius 3 is 2.65 bits per heavy atom. The van der Waals surface area contributed by atoms with Gasteiger partial charge in [0.25, 0.3) is 0 Å². The van der Waals surface area contributed by atoms with Gasteiger partial charge in [0.1, 0.15) is 30.3 Å². The molecule has 0 unspecified atom stereocenters. The van der Waals surface area contributed by atoms with Gasteiger partial charge in [-0.2, -0.15) is 0 Å². The Morgan fingerprint density at radius 2 is 1.89 bits per heavy atom. The minimum atomic E-state index is -1.02. The summed E-state index contributed by atoms with van der Waals surface area (Å²) in [6.45, 7) is 0.162. The normalized spacial score (nSPS) is 11.6. The van der Waals surface area contributed by atoms with Crippen molar-refractivity contribution in [2.75, 3.05) is 10.6 Å². The second kappa shape index (κ2) is 11.6. The zero-order chi connectivity index (χ0) is 26.4. The average Bonchev–Trinajstić information content (AvgIpc) is 2.87. The van der Waals surface area contributed by atoms with E-state index < -0.39 is 17.9 Å². The van der Waals surface area contributed by atoms with Crippen molar-refractivity contribution in [2.45, 2.75) is 25.5 Å². The molecule has 9 nitrogen and oxygen atoms in total. The Balaban J connectivity index is 1.47. The van der Waals surface area contributed by atoms with Crippen LogP contribution in [0.3, 0.4) is 0 Å². The molecule has 1 amide bonds. The molecule has 1 heterocycles. The number of fused-ring (bicyclic) bond motifs is 1. The predicted octanol–water partition coefficient (Wildman–Crippen LogP) is 4.88. The van der Waals surface area contributed by atoms with Gasteiger partial charge in [0.15, 0.2) is 0 Å². The van der Waals surface area contributed by atoms with Gasteiger partial charge in [0, 0.05) is 23.2 Å². The van der Waals surface area contributed by atoms with Crippen LogP contribution in [0.2, 0.25) is 5.02 Å².